The predicted octanol–water partition coefficient (Wildman–Crippen LogP) is 4.56. The first-order valence-electron chi connectivity index (χ1n) is 9.35. The molecule has 0 aromatic heterocycles. The first-order valence-corrected chi connectivity index (χ1v) is 9.35. The van der Waals surface area contributed by atoms with Crippen LogP contribution in [-0.4, -0.2) is 11.6 Å². The van der Waals surface area contributed by atoms with Crippen LogP contribution in [-0.2, 0) is 9.59 Å². The van der Waals surface area contributed by atoms with E-state index < -0.39 is 0 Å². The number of carbonyl (C=O) groups excluding carboxylic acids is 2. The molecule has 0 aromatic carbocycles. The molecular weight excluding hydrogens is 272 g/mol. The van der Waals surface area contributed by atoms with E-state index in [4.69, 9.17) is 0 Å². The molecule has 22 heavy (non-hydrogen) atoms. The largest absolute Gasteiger partial charge is 0.300 e. The first kappa shape index (κ1) is 14.9. The lowest BCUT2D eigenvalue weighted by atomic mass is 9.41. The molecule has 4 aliphatic carbocycles. The van der Waals surface area contributed by atoms with Crippen LogP contribution in [0.15, 0.2) is 0 Å². The van der Waals surface area contributed by atoms with Gasteiger partial charge in [0, 0.05) is 24.7 Å². The van der Waals surface area contributed by atoms with Gasteiger partial charge in [0.25, 0.3) is 0 Å². The van der Waals surface area contributed by atoms with Gasteiger partial charge in [-0.2, -0.15) is 0 Å². The Bertz CT molecular complexity index is 538. The molecule has 2 nitrogen and oxygen atoms in total. The highest BCUT2D eigenvalue weighted by Gasteiger charge is 2.63. The van der Waals surface area contributed by atoms with Crippen molar-refractivity contribution in [3.8, 4) is 0 Å². The summed E-state index contributed by atoms with van der Waals surface area (Å²) in [5.74, 6) is 3.11. The Morgan fingerprint density at radius 2 is 1.64 bits per heavy atom. The lowest BCUT2D eigenvalue weighted by Gasteiger charge is -2.63. The van der Waals surface area contributed by atoms with Crippen LogP contribution in [0.4, 0.5) is 0 Å². The van der Waals surface area contributed by atoms with Gasteiger partial charge in [-0.05, 0) is 67.1 Å². The molecule has 0 bridgehead atoms. The maximum Gasteiger partial charge on any atom is 0.139 e. The smallest absolute Gasteiger partial charge is 0.139 e. The van der Waals surface area contributed by atoms with Crippen LogP contribution in [0.1, 0.15) is 78.6 Å². The Morgan fingerprint density at radius 1 is 0.864 bits per heavy atom. The van der Waals surface area contributed by atoms with Crippen LogP contribution in [0.3, 0.4) is 0 Å². The zero-order valence-corrected chi connectivity index (χ0v) is 14.4. The summed E-state index contributed by atoms with van der Waals surface area (Å²) in [6.45, 7) is 7.12. The zero-order valence-electron chi connectivity index (χ0n) is 14.4. The molecule has 0 aromatic rings. The highest BCUT2D eigenvalue weighted by Crippen LogP contribution is 2.68. The van der Waals surface area contributed by atoms with Crippen molar-refractivity contribution in [1.29, 1.82) is 0 Å². The highest BCUT2D eigenvalue weighted by molar-refractivity contribution is 5.87. The summed E-state index contributed by atoms with van der Waals surface area (Å²) in [5, 5.41) is 0. The minimum absolute atomic E-state index is 0.0181. The monoisotopic (exact) mass is 302 g/mol. The van der Waals surface area contributed by atoms with Crippen molar-refractivity contribution in [3.05, 3.63) is 0 Å². The number of hydrogen-bond acceptors (Lipinski definition) is 2. The molecule has 4 fully saturated rings. The molecule has 0 N–H and O–H groups in total. The van der Waals surface area contributed by atoms with Gasteiger partial charge < -0.3 is 0 Å². The Hall–Kier alpha value is -0.660. The van der Waals surface area contributed by atoms with Crippen LogP contribution in [0.2, 0.25) is 0 Å². The van der Waals surface area contributed by atoms with Crippen LogP contribution >= 0.6 is 0 Å². The van der Waals surface area contributed by atoms with E-state index in [9.17, 15) is 9.59 Å². The van der Waals surface area contributed by atoms with E-state index in [1.54, 1.807) is 0 Å². The van der Waals surface area contributed by atoms with E-state index >= 15 is 0 Å². The van der Waals surface area contributed by atoms with E-state index in [0.717, 1.165) is 50.4 Å². The van der Waals surface area contributed by atoms with Crippen molar-refractivity contribution in [2.75, 3.05) is 0 Å². The van der Waals surface area contributed by atoms with Crippen molar-refractivity contribution >= 4 is 11.6 Å². The number of rotatable bonds is 0. The molecule has 0 spiro atoms. The topological polar surface area (TPSA) is 34.1 Å². The summed E-state index contributed by atoms with van der Waals surface area (Å²) >= 11 is 0. The molecule has 0 radical (unpaired) electrons. The second-order valence-corrected chi connectivity index (χ2v) is 9.53. The lowest BCUT2D eigenvalue weighted by molar-refractivity contribution is -0.163. The average molecular weight is 302 g/mol. The fourth-order valence-electron chi connectivity index (χ4n) is 7.17. The normalized spacial score (nSPS) is 54.6. The molecule has 2 heteroatoms. The van der Waals surface area contributed by atoms with E-state index in [-0.39, 0.29) is 10.8 Å². The van der Waals surface area contributed by atoms with Gasteiger partial charge >= 0.3 is 0 Å². The second kappa shape index (κ2) is 4.45. The number of fused-ring (bicyclic) bond motifs is 5. The van der Waals surface area contributed by atoms with Crippen LogP contribution < -0.4 is 0 Å². The number of hydrogen-bond donors (Lipinski definition) is 0. The minimum Gasteiger partial charge on any atom is -0.300 e. The van der Waals surface area contributed by atoms with Gasteiger partial charge in [0.2, 0.25) is 0 Å². The van der Waals surface area contributed by atoms with Crippen molar-refractivity contribution in [2.45, 2.75) is 78.6 Å². The van der Waals surface area contributed by atoms with Crippen LogP contribution in [0, 0.1) is 34.0 Å². The summed E-state index contributed by atoms with van der Waals surface area (Å²) in [4.78, 5) is 24.5. The van der Waals surface area contributed by atoms with Gasteiger partial charge in [0.15, 0.2) is 0 Å². The predicted molar refractivity (Wildman–Crippen MR) is 86.4 cm³/mol. The van der Waals surface area contributed by atoms with Gasteiger partial charge in [-0.25, -0.2) is 0 Å². The molecule has 122 valence electrons. The molecule has 0 saturated heterocycles. The third-order valence-corrected chi connectivity index (χ3v) is 8.88. The van der Waals surface area contributed by atoms with E-state index in [2.05, 4.69) is 20.8 Å². The SMILES string of the molecule is C[C@@]12CCC3C4CCC(=O)[C@@]4(C)CCC3[C@@]1(C)CCC(=O)C2. The third-order valence-electron chi connectivity index (χ3n) is 8.88. The van der Waals surface area contributed by atoms with Crippen molar-refractivity contribution < 1.29 is 9.59 Å². The van der Waals surface area contributed by atoms with E-state index in [1.807, 2.05) is 0 Å². The van der Waals surface area contributed by atoms with Crippen molar-refractivity contribution in [1.82, 2.24) is 0 Å². The average Bonchev–Trinajstić information content (AvgIpc) is 2.76. The molecule has 0 amide bonds. The van der Waals surface area contributed by atoms with Crippen molar-refractivity contribution in [3.63, 3.8) is 0 Å². The number of carbonyl (C=O) groups is 2. The standard InChI is InChI=1S/C20H30O2/c1-18-9-7-14-15-4-5-17(22)19(15,2)10-8-16(14)20(18,3)11-6-13(21)12-18/h14-16H,4-12H2,1-3H3/t14?,15?,16?,18-,19-,20+/m0/s1. The molecule has 0 heterocycles. The molecule has 3 unspecified atom stereocenters. The molecule has 6 atom stereocenters. The highest BCUT2D eigenvalue weighted by atomic mass is 16.1. The Morgan fingerprint density at radius 3 is 2.41 bits per heavy atom. The summed E-state index contributed by atoms with van der Waals surface area (Å²) in [6.07, 6.45) is 9.36. The van der Waals surface area contributed by atoms with Crippen LogP contribution in [0.5, 0.6) is 0 Å². The van der Waals surface area contributed by atoms with E-state index in [1.165, 1.54) is 19.3 Å². The molecular formula is C20H30O2. The first-order chi connectivity index (χ1) is 10.3. The summed E-state index contributed by atoms with van der Waals surface area (Å²) in [7, 11) is 0. The summed E-state index contributed by atoms with van der Waals surface area (Å²) < 4.78 is 0. The molecule has 4 saturated carbocycles. The fourth-order valence-corrected chi connectivity index (χ4v) is 7.17. The molecule has 4 aliphatic rings. The number of ketones is 2. The van der Waals surface area contributed by atoms with Gasteiger partial charge in [0.05, 0.1) is 0 Å². The lowest BCUT2D eigenvalue weighted by Crippen LogP contribution is -2.57. The third kappa shape index (κ3) is 1.67. The second-order valence-electron chi connectivity index (χ2n) is 9.53. The summed E-state index contributed by atoms with van der Waals surface area (Å²) in [6, 6.07) is 0. The van der Waals surface area contributed by atoms with Gasteiger partial charge in [-0.3, -0.25) is 9.59 Å². The van der Waals surface area contributed by atoms with Gasteiger partial charge in [-0.15, -0.1) is 0 Å². The van der Waals surface area contributed by atoms with E-state index in [0.29, 0.717) is 22.9 Å². The van der Waals surface area contributed by atoms with Crippen LogP contribution in [0.25, 0.3) is 0 Å². The Balaban J connectivity index is 1.69. The van der Waals surface area contributed by atoms with Gasteiger partial charge in [-0.1, -0.05) is 20.8 Å². The quantitative estimate of drug-likeness (QED) is 0.657. The Labute approximate surface area is 134 Å². The number of Topliss-reactive ketones (excluding diaryl/α,β-unsaturated/α-hetero) is 2. The Kier molecular flexibility index (Phi) is 3.02. The molecule has 4 rings (SSSR count). The summed E-state index contributed by atoms with van der Waals surface area (Å²) in [5.41, 5.74) is 0.506. The fraction of sp³-hybridized carbons (Fsp3) is 0.900. The van der Waals surface area contributed by atoms with Crippen molar-refractivity contribution in [2.24, 2.45) is 34.0 Å². The van der Waals surface area contributed by atoms with Gasteiger partial charge in [0.1, 0.15) is 11.6 Å². The maximum atomic E-state index is 12.4. The zero-order chi connectivity index (χ0) is 15.8. The molecule has 0 aliphatic heterocycles. The minimum atomic E-state index is -0.0181. The maximum absolute atomic E-state index is 12.4.